The normalized spacial score (nSPS) is 26.4. The number of ketones is 1. The number of ether oxygens (including phenoxy) is 2. The molecule has 1 aliphatic rings. The molecule has 2 N–H and O–H groups in total. The van der Waals surface area contributed by atoms with Gasteiger partial charge >= 0.3 is 0 Å². The number of methoxy groups -OCH3 is 1. The van der Waals surface area contributed by atoms with E-state index in [4.69, 9.17) is 15.2 Å². The van der Waals surface area contributed by atoms with Crippen molar-refractivity contribution >= 4 is 5.78 Å². The Balaban J connectivity index is 2.21. The Morgan fingerprint density at radius 3 is 2.89 bits per heavy atom. The Bertz CT molecular complexity index is 486. The van der Waals surface area contributed by atoms with Gasteiger partial charge in [0.25, 0.3) is 0 Å². The predicted molar refractivity (Wildman–Crippen MR) is 73.3 cm³/mol. The average Bonchev–Trinajstić information content (AvgIpc) is 2.71. The third-order valence-corrected chi connectivity index (χ3v) is 3.94. The fourth-order valence-electron chi connectivity index (χ4n) is 2.40. The minimum atomic E-state index is -0.589. The standard InChI is InChI=1S/C15H21NO3/c1-10-4-5-12(18-3)11(6-10)7-14(17)15(2)9-19-8-13(15)16/h4-6,13H,7-9,16H2,1-3H3. The van der Waals surface area contributed by atoms with Crippen LogP contribution in [0.3, 0.4) is 0 Å². The van der Waals surface area contributed by atoms with Crippen LogP contribution in [0.1, 0.15) is 18.1 Å². The fourth-order valence-corrected chi connectivity index (χ4v) is 2.40. The molecule has 1 saturated heterocycles. The van der Waals surface area contributed by atoms with E-state index in [0.717, 1.165) is 16.9 Å². The van der Waals surface area contributed by atoms with Crippen molar-refractivity contribution in [3.63, 3.8) is 0 Å². The molecule has 1 fully saturated rings. The highest BCUT2D eigenvalue weighted by Crippen LogP contribution is 2.31. The highest BCUT2D eigenvalue weighted by molar-refractivity contribution is 5.88. The van der Waals surface area contributed by atoms with Gasteiger partial charge in [-0.15, -0.1) is 0 Å². The maximum absolute atomic E-state index is 12.5. The van der Waals surface area contributed by atoms with Gasteiger partial charge in [0.05, 0.1) is 25.7 Å². The van der Waals surface area contributed by atoms with E-state index in [1.54, 1.807) is 7.11 Å². The van der Waals surface area contributed by atoms with Crippen molar-refractivity contribution in [2.45, 2.75) is 26.3 Å². The predicted octanol–water partition coefficient (Wildman–Crippen LogP) is 1.48. The lowest BCUT2D eigenvalue weighted by molar-refractivity contribution is -0.127. The molecule has 19 heavy (non-hydrogen) atoms. The molecule has 2 unspecified atom stereocenters. The number of rotatable bonds is 4. The van der Waals surface area contributed by atoms with Crippen LogP contribution in [0.4, 0.5) is 0 Å². The summed E-state index contributed by atoms with van der Waals surface area (Å²) in [5, 5.41) is 0. The van der Waals surface area contributed by atoms with E-state index in [9.17, 15) is 4.79 Å². The van der Waals surface area contributed by atoms with Gasteiger partial charge in [0.15, 0.2) is 0 Å². The molecule has 0 aliphatic carbocycles. The van der Waals surface area contributed by atoms with Crippen LogP contribution in [0.25, 0.3) is 0 Å². The largest absolute Gasteiger partial charge is 0.496 e. The quantitative estimate of drug-likeness (QED) is 0.893. The second-order valence-electron chi connectivity index (χ2n) is 5.45. The zero-order valence-electron chi connectivity index (χ0n) is 11.7. The van der Waals surface area contributed by atoms with Crippen molar-refractivity contribution in [2.75, 3.05) is 20.3 Å². The molecule has 0 saturated carbocycles. The van der Waals surface area contributed by atoms with Crippen molar-refractivity contribution in [3.8, 4) is 5.75 Å². The molecule has 0 amide bonds. The van der Waals surface area contributed by atoms with Gasteiger partial charge in [-0.2, -0.15) is 0 Å². The van der Waals surface area contributed by atoms with E-state index < -0.39 is 5.41 Å². The van der Waals surface area contributed by atoms with E-state index in [2.05, 4.69) is 0 Å². The number of nitrogens with two attached hydrogens (primary N) is 1. The molecule has 1 aliphatic heterocycles. The van der Waals surface area contributed by atoms with Crippen molar-refractivity contribution in [1.82, 2.24) is 0 Å². The molecule has 1 aromatic carbocycles. The average molecular weight is 263 g/mol. The van der Waals surface area contributed by atoms with E-state index in [0.29, 0.717) is 19.6 Å². The Morgan fingerprint density at radius 2 is 2.32 bits per heavy atom. The van der Waals surface area contributed by atoms with Crippen LogP contribution in [0.15, 0.2) is 18.2 Å². The summed E-state index contributed by atoms with van der Waals surface area (Å²) in [6, 6.07) is 5.63. The second kappa shape index (κ2) is 5.31. The van der Waals surface area contributed by atoms with Crippen LogP contribution in [0, 0.1) is 12.3 Å². The zero-order valence-corrected chi connectivity index (χ0v) is 11.7. The van der Waals surface area contributed by atoms with Crippen LogP contribution in [0.5, 0.6) is 5.75 Å². The summed E-state index contributed by atoms with van der Waals surface area (Å²) in [5.41, 5.74) is 7.42. The molecular formula is C15H21NO3. The summed E-state index contributed by atoms with van der Waals surface area (Å²) < 4.78 is 10.6. The number of carbonyl (C=O) groups excluding carboxylic acids is 1. The number of aryl methyl sites for hydroxylation is 1. The Morgan fingerprint density at radius 1 is 1.58 bits per heavy atom. The minimum Gasteiger partial charge on any atom is -0.496 e. The Kier molecular flexibility index (Phi) is 3.92. The molecule has 2 atom stereocenters. The van der Waals surface area contributed by atoms with E-state index >= 15 is 0 Å². The molecule has 0 bridgehead atoms. The van der Waals surface area contributed by atoms with Crippen LogP contribution in [-0.2, 0) is 16.0 Å². The number of hydrogen-bond acceptors (Lipinski definition) is 4. The number of Topliss-reactive ketones (excluding diaryl/α,β-unsaturated/α-hetero) is 1. The second-order valence-corrected chi connectivity index (χ2v) is 5.45. The lowest BCUT2D eigenvalue weighted by Gasteiger charge is -2.25. The van der Waals surface area contributed by atoms with E-state index in [-0.39, 0.29) is 11.8 Å². The van der Waals surface area contributed by atoms with Crippen molar-refractivity contribution in [3.05, 3.63) is 29.3 Å². The number of carbonyl (C=O) groups is 1. The third kappa shape index (κ3) is 2.65. The van der Waals surface area contributed by atoms with Crippen LogP contribution in [0.2, 0.25) is 0 Å². The zero-order chi connectivity index (χ0) is 14.0. The monoisotopic (exact) mass is 263 g/mol. The lowest BCUT2D eigenvalue weighted by Crippen LogP contribution is -2.45. The van der Waals surface area contributed by atoms with Gasteiger partial charge in [0.2, 0.25) is 0 Å². The van der Waals surface area contributed by atoms with Crippen LogP contribution >= 0.6 is 0 Å². The van der Waals surface area contributed by atoms with Crippen molar-refractivity contribution < 1.29 is 14.3 Å². The molecule has 2 rings (SSSR count). The SMILES string of the molecule is COc1ccc(C)cc1CC(=O)C1(C)COCC1N. The maximum Gasteiger partial charge on any atom is 0.147 e. The number of benzene rings is 1. The highest BCUT2D eigenvalue weighted by Gasteiger charge is 2.43. The van der Waals surface area contributed by atoms with Gasteiger partial charge in [-0.1, -0.05) is 17.7 Å². The first-order chi connectivity index (χ1) is 8.97. The molecular weight excluding hydrogens is 242 g/mol. The minimum absolute atomic E-state index is 0.112. The van der Waals surface area contributed by atoms with Gasteiger partial charge in [0, 0.05) is 18.0 Å². The van der Waals surface area contributed by atoms with Crippen molar-refractivity contribution in [1.29, 1.82) is 0 Å². The summed E-state index contributed by atoms with van der Waals surface area (Å²) >= 11 is 0. The molecule has 4 heteroatoms. The van der Waals surface area contributed by atoms with Gasteiger partial charge < -0.3 is 15.2 Å². The first-order valence-corrected chi connectivity index (χ1v) is 6.47. The van der Waals surface area contributed by atoms with Crippen LogP contribution < -0.4 is 10.5 Å². The van der Waals surface area contributed by atoms with E-state index in [1.165, 1.54) is 0 Å². The summed E-state index contributed by atoms with van der Waals surface area (Å²) in [4.78, 5) is 12.5. The molecule has 104 valence electrons. The molecule has 0 aromatic heterocycles. The number of hydrogen-bond donors (Lipinski definition) is 1. The summed E-state index contributed by atoms with van der Waals surface area (Å²) in [5.74, 6) is 0.858. The van der Waals surface area contributed by atoms with Gasteiger partial charge in [-0.25, -0.2) is 0 Å². The highest BCUT2D eigenvalue weighted by atomic mass is 16.5. The summed E-state index contributed by atoms with van der Waals surface area (Å²) in [6.07, 6.45) is 0.332. The first kappa shape index (κ1) is 14.0. The third-order valence-electron chi connectivity index (χ3n) is 3.94. The molecule has 1 heterocycles. The topological polar surface area (TPSA) is 61.5 Å². The smallest absolute Gasteiger partial charge is 0.147 e. The lowest BCUT2D eigenvalue weighted by atomic mass is 9.79. The Labute approximate surface area is 113 Å². The summed E-state index contributed by atoms with van der Waals surface area (Å²) in [7, 11) is 1.62. The van der Waals surface area contributed by atoms with Crippen LogP contribution in [-0.4, -0.2) is 32.1 Å². The molecule has 1 aromatic rings. The van der Waals surface area contributed by atoms with Gasteiger partial charge in [0.1, 0.15) is 11.5 Å². The first-order valence-electron chi connectivity index (χ1n) is 6.47. The fraction of sp³-hybridized carbons (Fsp3) is 0.533. The summed E-state index contributed by atoms with van der Waals surface area (Å²) in [6.45, 7) is 4.74. The molecule has 0 spiro atoms. The molecule has 4 nitrogen and oxygen atoms in total. The van der Waals surface area contributed by atoms with Crippen molar-refractivity contribution in [2.24, 2.45) is 11.1 Å². The van der Waals surface area contributed by atoms with E-state index in [1.807, 2.05) is 32.0 Å². The van der Waals surface area contributed by atoms with Gasteiger partial charge in [-0.05, 0) is 19.9 Å². The molecule has 0 radical (unpaired) electrons. The maximum atomic E-state index is 12.5. The van der Waals surface area contributed by atoms with Gasteiger partial charge in [-0.3, -0.25) is 4.79 Å². The Hall–Kier alpha value is -1.39.